The number of hydrogen-bond donors (Lipinski definition) is 4. The molecule has 1 aliphatic heterocycles. The van der Waals surface area contributed by atoms with Crippen LogP contribution < -0.4 is 10.6 Å². The lowest BCUT2D eigenvalue weighted by molar-refractivity contribution is -0.159. The molecular formula is C28H35N5O7. The van der Waals surface area contributed by atoms with Crippen molar-refractivity contribution in [2.24, 2.45) is 0 Å². The number of aliphatic carboxylic acids is 2. The van der Waals surface area contributed by atoms with Crippen LogP contribution in [0.1, 0.15) is 48.8 Å². The molecule has 214 valence electrons. The van der Waals surface area contributed by atoms with E-state index in [9.17, 15) is 9.59 Å². The van der Waals surface area contributed by atoms with Crippen molar-refractivity contribution in [2.45, 2.75) is 45.4 Å². The molecule has 12 nitrogen and oxygen atoms in total. The topological polar surface area (TPSA) is 163 Å². The first-order chi connectivity index (χ1) is 19.2. The van der Waals surface area contributed by atoms with E-state index in [0.29, 0.717) is 12.2 Å². The van der Waals surface area contributed by atoms with Crippen molar-refractivity contribution in [2.75, 3.05) is 26.2 Å². The van der Waals surface area contributed by atoms with E-state index in [1.54, 1.807) is 0 Å². The van der Waals surface area contributed by atoms with Crippen molar-refractivity contribution in [1.82, 2.24) is 25.3 Å². The lowest BCUT2D eigenvalue weighted by atomic mass is 10.1. The first-order valence-electron chi connectivity index (χ1n) is 13.1. The smallest absolute Gasteiger partial charge is 0.414 e. The number of benzene rings is 2. The van der Waals surface area contributed by atoms with E-state index in [1.807, 2.05) is 59.3 Å². The number of para-hydroxylation sites is 1. The zero-order valence-electron chi connectivity index (χ0n) is 22.6. The number of rotatable bonds is 8. The van der Waals surface area contributed by atoms with Gasteiger partial charge in [0.2, 0.25) is 0 Å². The molecule has 3 aromatic rings. The van der Waals surface area contributed by atoms with E-state index in [1.165, 1.54) is 0 Å². The van der Waals surface area contributed by atoms with Gasteiger partial charge in [-0.1, -0.05) is 48.5 Å². The molecule has 40 heavy (non-hydrogen) atoms. The standard InChI is InChI=1S/C26H33N5O3.C2H2O4/c1-19(2)31-23-11-7-6-10-22(23)24(29-31)25(32)27-14-17-30-15-12-21(13-16-30)28-26(33)34-18-20-8-4-3-5-9-20;3-1(4)2(5)6/h3-11,19,21H,12-18H2,1-2H3,(H,27,32)(H,28,33);(H,3,4)(H,5,6). The van der Waals surface area contributed by atoms with Crippen LogP contribution in [0.15, 0.2) is 54.6 Å². The number of carbonyl (C=O) groups excluding carboxylic acids is 2. The van der Waals surface area contributed by atoms with Crippen molar-refractivity contribution in [1.29, 1.82) is 0 Å². The summed E-state index contributed by atoms with van der Waals surface area (Å²) in [5.74, 6) is -3.79. The SMILES string of the molecule is CC(C)n1nc(C(=O)NCCN2CCC(NC(=O)OCc3ccccc3)CC2)c2ccccc21.O=C(O)C(=O)O. The van der Waals surface area contributed by atoms with Crippen LogP contribution in [0, 0.1) is 0 Å². The van der Waals surface area contributed by atoms with Gasteiger partial charge in [-0.15, -0.1) is 0 Å². The molecule has 1 fully saturated rings. The van der Waals surface area contributed by atoms with Gasteiger partial charge in [0, 0.05) is 43.6 Å². The summed E-state index contributed by atoms with van der Waals surface area (Å²) in [6.45, 7) is 7.44. The Balaban J connectivity index is 0.000000663. The van der Waals surface area contributed by atoms with Crippen LogP contribution in [-0.4, -0.2) is 81.1 Å². The lowest BCUT2D eigenvalue weighted by Gasteiger charge is -2.32. The average Bonchev–Trinajstić information content (AvgIpc) is 3.34. The van der Waals surface area contributed by atoms with Gasteiger partial charge in [-0.05, 0) is 38.3 Å². The summed E-state index contributed by atoms with van der Waals surface area (Å²) in [7, 11) is 0. The summed E-state index contributed by atoms with van der Waals surface area (Å²) in [5.41, 5.74) is 2.42. The Labute approximate surface area is 231 Å². The van der Waals surface area contributed by atoms with Crippen LogP contribution in [0.25, 0.3) is 10.9 Å². The Hall–Kier alpha value is -4.45. The highest BCUT2D eigenvalue weighted by Gasteiger charge is 2.22. The highest BCUT2D eigenvalue weighted by Crippen LogP contribution is 2.21. The number of ether oxygens (including phenoxy) is 1. The zero-order valence-corrected chi connectivity index (χ0v) is 22.6. The minimum Gasteiger partial charge on any atom is -0.473 e. The minimum absolute atomic E-state index is 0.112. The second kappa shape index (κ2) is 14.6. The molecule has 12 heteroatoms. The number of aromatic nitrogens is 2. The van der Waals surface area contributed by atoms with E-state index < -0.39 is 11.9 Å². The molecule has 0 bridgehead atoms. The predicted molar refractivity (Wildman–Crippen MR) is 147 cm³/mol. The molecule has 0 spiro atoms. The lowest BCUT2D eigenvalue weighted by Crippen LogP contribution is -2.46. The Morgan fingerprint density at radius 1 is 0.975 bits per heavy atom. The van der Waals surface area contributed by atoms with Gasteiger partial charge in [-0.3, -0.25) is 9.48 Å². The monoisotopic (exact) mass is 553 g/mol. The number of likely N-dealkylation sites (tertiary alicyclic amines) is 1. The third kappa shape index (κ3) is 8.80. The normalized spacial score (nSPS) is 13.8. The summed E-state index contributed by atoms with van der Waals surface area (Å²) in [5, 5.41) is 26.2. The van der Waals surface area contributed by atoms with Crippen molar-refractivity contribution < 1.29 is 34.1 Å². The molecule has 0 saturated carbocycles. The molecule has 2 aromatic carbocycles. The van der Waals surface area contributed by atoms with Crippen molar-refractivity contribution in [3.05, 3.63) is 65.9 Å². The maximum atomic E-state index is 12.8. The largest absolute Gasteiger partial charge is 0.473 e. The van der Waals surface area contributed by atoms with Crippen LogP contribution >= 0.6 is 0 Å². The highest BCUT2D eigenvalue weighted by molar-refractivity contribution is 6.27. The molecule has 2 heterocycles. The molecule has 1 aliphatic rings. The number of carboxylic acids is 2. The number of nitrogens with zero attached hydrogens (tertiary/aromatic N) is 3. The molecule has 4 rings (SSSR count). The number of amides is 2. The number of fused-ring (bicyclic) bond motifs is 1. The van der Waals surface area contributed by atoms with Gasteiger partial charge in [0.05, 0.1) is 5.52 Å². The summed E-state index contributed by atoms with van der Waals surface area (Å²) in [6.07, 6.45) is 1.35. The Morgan fingerprint density at radius 2 is 1.60 bits per heavy atom. The molecule has 0 unspecified atom stereocenters. The average molecular weight is 554 g/mol. The fourth-order valence-electron chi connectivity index (χ4n) is 4.29. The maximum Gasteiger partial charge on any atom is 0.414 e. The summed E-state index contributed by atoms with van der Waals surface area (Å²) in [6, 6.07) is 17.8. The fraction of sp³-hybridized carbons (Fsp3) is 0.393. The number of piperidine rings is 1. The van der Waals surface area contributed by atoms with Gasteiger partial charge in [0.1, 0.15) is 6.61 Å². The number of alkyl carbamates (subject to hydrolysis) is 1. The molecule has 2 amide bonds. The molecule has 1 saturated heterocycles. The summed E-state index contributed by atoms with van der Waals surface area (Å²) >= 11 is 0. The third-order valence-corrected chi connectivity index (χ3v) is 6.34. The van der Waals surface area contributed by atoms with E-state index in [0.717, 1.165) is 48.9 Å². The van der Waals surface area contributed by atoms with Gasteiger partial charge in [-0.25, -0.2) is 14.4 Å². The van der Waals surface area contributed by atoms with Crippen molar-refractivity contribution in [3.8, 4) is 0 Å². The summed E-state index contributed by atoms with van der Waals surface area (Å²) < 4.78 is 7.21. The van der Waals surface area contributed by atoms with Crippen molar-refractivity contribution >= 4 is 34.8 Å². The van der Waals surface area contributed by atoms with Gasteiger partial charge >= 0.3 is 18.0 Å². The number of hydrogen-bond acceptors (Lipinski definition) is 7. The molecule has 1 aromatic heterocycles. The Bertz CT molecular complexity index is 1290. The Morgan fingerprint density at radius 3 is 2.23 bits per heavy atom. The minimum atomic E-state index is -1.82. The van der Waals surface area contributed by atoms with Crippen LogP contribution in [-0.2, 0) is 20.9 Å². The number of carbonyl (C=O) groups is 4. The molecule has 0 aliphatic carbocycles. The van der Waals surface area contributed by atoms with Gasteiger partial charge < -0.3 is 30.5 Å². The van der Waals surface area contributed by atoms with Crippen LogP contribution in [0.5, 0.6) is 0 Å². The van der Waals surface area contributed by atoms with Crippen LogP contribution in [0.4, 0.5) is 4.79 Å². The van der Waals surface area contributed by atoms with Crippen LogP contribution in [0.2, 0.25) is 0 Å². The molecule has 4 N–H and O–H groups in total. The second-order valence-electron chi connectivity index (χ2n) is 9.59. The van der Waals surface area contributed by atoms with E-state index in [2.05, 4.69) is 34.5 Å². The van der Waals surface area contributed by atoms with Crippen LogP contribution in [0.3, 0.4) is 0 Å². The number of nitrogens with one attached hydrogen (secondary N) is 2. The van der Waals surface area contributed by atoms with Gasteiger partial charge in [0.25, 0.3) is 5.91 Å². The van der Waals surface area contributed by atoms with Gasteiger partial charge in [0.15, 0.2) is 5.69 Å². The number of carboxylic acid groups (broad SMARTS) is 2. The summed E-state index contributed by atoms with van der Waals surface area (Å²) in [4.78, 5) is 45.4. The molecular weight excluding hydrogens is 518 g/mol. The first kappa shape index (κ1) is 30.1. The second-order valence-corrected chi connectivity index (χ2v) is 9.59. The quantitative estimate of drug-likeness (QED) is 0.307. The highest BCUT2D eigenvalue weighted by atomic mass is 16.5. The maximum absolute atomic E-state index is 12.8. The third-order valence-electron chi connectivity index (χ3n) is 6.34. The van der Waals surface area contributed by atoms with E-state index in [-0.39, 0.29) is 30.7 Å². The van der Waals surface area contributed by atoms with E-state index in [4.69, 9.17) is 24.5 Å². The Kier molecular flexibility index (Phi) is 11.0. The molecule has 0 atom stereocenters. The first-order valence-corrected chi connectivity index (χ1v) is 13.1. The van der Waals surface area contributed by atoms with E-state index >= 15 is 0 Å². The van der Waals surface area contributed by atoms with Gasteiger partial charge in [-0.2, -0.15) is 5.10 Å². The van der Waals surface area contributed by atoms with Crippen molar-refractivity contribution in [3.63, 3.8) is 0 Å². The zero-order chi connectivity index (χ0) is 29.1. The predicted octanol–water partition coefficient (Wildman–Crippen LogP) is 2.89. The molecule has 0 radical (unpaired) electrons. The fourth-order valence-corrected chi connectivity index (χ4v) is 4.29.